The molecule has 0 saturated heterocycles. The fourth-order valence-electron chi connectivity index (χ4n) is 1.47. The van der Waals surface area contributed by atoms with Crippen LogP contribution in [0.1, 0.15) is 5.56 Å². The number of aliphatic carboxylic acids is 1. The van der Waals surface area contributed by atoms with Crippen molar-refractivity contribution in [3.05, 3.63) is 48.3 Å². The molecule has 0 saturated carbocycles. The molecule has 0 aliphatic carbocycles. The highest BCUT2D eigenvalue weighted by Crippen LogP contribution is 2.23. The van der Waals surface area contributed by atoms with Crippen LogP contribution in [0.5, 0.6) is 0 Å². The topological polar surface area (TPSA) is 40.5 Å². The van der Waals surface area contributed by atoms with E-state index in [0.29, 0.717) is 12.2 Å². The fraction of sp³-hybridized carbons (Fsp3) is 0.154. The zero-order chi connectivity index (χ0) is 12.8. The zero-order valence-electron chi connectivity index (χ0n) is 9.56. The lowest BCUT2D eigenvalue weighted by atomic mass is 10.1. The largest absolute Gasteiger partial charge is 0.478 e. The number of anilines is 1. The maximum Gasteiger partial charge on any atom is 0.328 e. The lowest BCUT2D eigenvalue weighted by Gasteiger charge is -2.19. The third-order valence-electron chi connectivity index (χ3n) is 2.24. The minimum Gasteiger partial charge on any atom is -0.478 e. The number of likely N-dealkylation sites (N-methyl/N-ethyl adjacent to an activating group) is 1. The van der Waals surface area contributed by atoms with Crippen molar-refractivity contribution in [2.24, 2.45) is 0 Å². The predicted molar refractivity (Wildman–Crippen MR) is 66.5 cm³/mol. The van der Waals surface area contributed by atoms with Crippen LogP contribution < -0.4 is 4.90 Å². The molecule has 1 N–H and O–H groups in total. The molecule has 0 heterocycles. The van der Waals surface area contributed by atoms with Crippen LogP contribution in [0.15, 0.2) is 36.9 Å². The molecule has 0 amide bonds. The molecular weight excluding hydrogens is 221 g/mol. The predicted octanol–water partition coefficient (Wildman–Crippen LogP) is 2.55. The van der Waals surface area contributed by atoms with E-state index in [0.717, 1.165) is 6.08 Å². The molecule has 1 aromatic rings. The average Bonchev–Trinajstić information content (AvgIpc) is 2.27. The second-order valence-electron chi connectivity index (χ2n) is 3.51. The van der Waals surface area contributed by atoms with Crippen LogP contribution in [0, 0.1) is 5.82 Å². The molecule has 3 nitrogen and oxygen atoms in total. The van der Waals surface area contributed by atoms with Gasteiger partial charge >= 0.3 is 5.97 Å². The van der Waals surface area contributed by atoms with Crippen molar-refractivity contribution in [2.45, 2.75) is 0 Å². The molecule has 0 radical (unpaired) electrons. The van der Waals surface area contributed by atoms with Crippen molar-refractivity contribution in [3.8, 4) is 0 Å². The van der Waals surface area contributed by atoms with Crippen molar-refractivity contribution >= 4 is 17.7 Å². The first-order valence-electron chi connectivity index (χ1n) is 5.07. The Kier molecular flexibility index (Phi) is 4.46. The van der Waals surface area contributed by atoms with E-state index in [-0.39, 0.29) is 5.56 Å². The first-order chi connectivity index (χ1) is 8.06. The monoisotopic (exact) mass is 235 g/mol. The molecule has 1 aromatic carbocycles. The van der Waals surface area contributed by atoms with Crippen molar-refractivity contribution in [1.82, 2.24) is 0 Å². The van der Waals surface area contributed by atoms with Gasteiger partial charge in [0, 0.05) is 30.9 Å². The molecule has 1 rings (SSSR count). The Balaban J connectivity index is 3.16. The summed E-state index contributed by atoms with van der Waals surface area (Å²) in [4.78, 5) is 12.2. The summed E-state index contributed by atoms with van der Waals surface area (Å²) in [7, 11) is 1.79. The smallest absolute Gasteiger partial charge is 0.328 e. The van der Waals surface area contributed by atoms with Crippen molar-refractivity contribution in [1.29, 1.82) is 0 Å². The fourth-order valence-corrected chi connectivity index (χ4v) is 1.47. The summed E-state index contributed by atoms with van der Waals surface area (Å²) in [5.74, 6) is -1.55. The van der Waals surface area contributed by atoms with Gasteiger partial charge in [-0.1, -0.05) is 12.1 Å². The number of benzene rings is 1. The van der Waals surface area contributed by atoms with E-state index in [1.807, 2.05) is 0 Å². The normalized spacial score (nSPS) is 10.5. The summed E-state index contributed by atoms with van der Waals surface area (Å²) in [6.45, 7) is 4.16. The van der Waals surface area contributed by atoms with E-state index in [2.05, 4.69) is 6.58 Å². The maximum absolute atomic E-state index is 13.6. The van der Waals surface area contributed by atoms with Crippen LogP contribution in [-0.2, 0) is 4.79 Å². The van der Waals surface area contributed by atoms with Gasteiger partial charge in [0.15, 0.2) is 0 Å². The third-order valence-corrected chi connectivity index (χ3v) is 2.24. The summed E-state index contributed by atoms with van der Waals surface area (Å²) >= 11 is 0. The van der Waals surface area contributed by atoms with Gasteiger partial charge in [0.05, 0.1) is 0 Å². The van der Waals surface area contributed by atoms with Crippen LogP contribution in [0.2, 0.25) is 0 Å². The van der Waals surface area contributed by atoms with Crippen molar-refractivity contribution in [3.63, 3.8) is 0 Å². The molecule has 0 fully saturated rings. The van der Waals surface area contributed by atoms with Gasteiger partial charge < -0.3 is 10.0 Å². The van der Waals surface area contributed by atoms with E-state index in [9.17, 15) is 9.18 Å². The highest BCUT2D eigenvalue weighted by atomic mass is 19.1. The second-order valence-corrected chi connectivity index (χ2v) is 3.51. The first kappa shape index (κ1) is 13.0. The molecule has 0 spiro atoms. The first-order valence-corrected chi connectivity index (χ1v) is 5.07. The number of hydrogen-bond donors (Lipinski definition) is 1. The maximum atomic E-state index is 13.6. The molecule has 0 aliphatic rings. The van der Waals surface area contributed by atoms with Gasteiger partial charge in [-0.15, -0.1) is 6.58 Å². The van der Waals surface area contributed by atoms with E-state index < -0.39 is 11.8 Å². The van der Waals surface area contributed by atoms with E-state index in [1.165, 1.54) is 12.1 Å². The van der Waals surface area contributed by atoms with Gasteiger partial charge in [-0.25, -0.2) is 9.18 Å². The Hall–Kier alpha value is -2.10. The summed E-state index contributed by atoms with van der Waals surface area (Å²) in [5, 5.41) is 8.56. The molecule has 0 unspecified atom stereocenters. The minimum atomic E-state index is -1.11. The van der Waals surface area contributed by atoms with Gasteiger partial charge in [-0.3, -0.25) is 0 Å². The molecule has 0 aromatic heterocycles. The van der Waals surface area contributed by atoms with Gasteiger partial charge in [0.2, 0.25) is 0 Å². The zero-order valence-corrected chi connectivity index (χ0v) is 9.56. The SMILES string of the molecule is C=CCN(C)c1cccc(F)c1/C=C/C(=O)O. The number of carbonyl (C=O) groups is 1. The lowest BCUT2D eigenvalue weighted by Crippen LogP contribution is -2.18. The number of carboxylic acids is 1. The van der Waals surface area contributed by atoms with E-state index in [4.69, 9.17) is 5.11 Å². The molecule has 90 valence electrons. The van der Waals surface area contributed by atoms with Gasteiger partial charge in [0.1, 0.15) is 5.82 Å². The van der Waals surface area contributed by atoms with Crippen molar-refractivity contribution < 1.29 is 14.3 Å². The third kappa shape index (κ3) is 3.45. The van der Waals surface area contributed by atoms with Crippen LogP contribution in [0.4, 0.5) is 10.1 Å². The van der Waals surface area contributed by atoms with Crippen LogP contribution in [0.25, 0.3) is 6.08 Å². The molecule has 4 heteroatoms. The Labute approximate surface area is 99.5 Å². The molecular formula is C13H14FNO2. The highest BCUT2D eigenvalue weighted by Gasteiger charge is 2.08. The minimum absolute atomic E-state index is 0.263. The summed E-state index contributed by atoms with van der Waals surface area (Å²) in [6, 6.07) is 4.61. The van der Waals surface area contributed by atoms with Gasteiger partial charge in [-0.05, 0) is 18.2 Å². The summed E-state index contributed by atoms with van der Waals surface area (Å²) < 4.78 is 13.6. The molecule has 0 bridgehead atoms. The Morgan fingerprint density at radius 3 is 2.88 bits per heavy atom. The Morgan fingerprint density at radius 1 is 1.59 bits per heavy atom. The highest BCUT2D eigenvalue weighted by molar-refractivity contribution is 5.87. The molecule has 0 aliphatic heterocycles. The van der Waals surface area contributed by atoms with Gasteiger partial charge in [0.25, 0.3) is 0 Å². The van der Waals surface area contributed by atoms with Crippen LogP contribution in [-0.4, -0.2) is 24.7 Å². The number of rotatable bonds is 5. The lowest BCUT2D eigenvalue weighted by molar-refractivity contribution is -0.131. The van der Waals surface area contributed by atoms with E-state index in [1.54, 1.807) is 30.2 Å². The Morgan fingerprint density at radius 2 is 2.29 bits per heavy atom. The van der Waals surface area contributed by atoms with E-state index >= 15 is 0 Å². The van der Waals surface area contributed by atoms with Crippen molar-refractivity contribution in [2.75, 3.05) is 18.5 Å². The van der Waals surface area contributed by atoms with Gasteiger partial charge in [-0.2, -0.15) is 0 Å². The number of carboxylic acid groups (broad SMARTS) is 1. The standard InChI is InChI=1S/C13H14FNO2/c1-3-9-15(2)12-6-4-5-11(14)10(12)7-8-13(16)17/h3-8H,1,9H2,2H3,(H,16,17)/b8-7+. The average molecular weight is 235 g/mol. The summed E-state index contributed by atoms with van der Waals surface area (Å²) in [6.07, 6.45) is 3.87. The Bertz CT molecular complexity index is 455. The number of halogens is 1. The quantitative estimate of drug-likeness (QED) is 0.629. The second kappa shape index (κ2) is 5.84. The molecule has 17 heavy (non-hydrogen) atoms. The molecule has 0 atom stereocenters. The van der Waals surface area contributed by atoms with Crippen LogP contribution >= 0.6 is 0 Å². The summed E-state index contributed by atoms with van der Waals surface area (Å²) in [5.41, 5.74) is 0.890. The number of nitrogens with zero attached hydrogens (tertiary/aromatic N) is 1. The number of hydrogen-bond acceptors (Lipinski definition) is 2. The van der Waals surface area contributed by atoms with Crippen LogP contribution in [0.3, 0.4) is 0 Å².